The summed E-state index contributed by atoms with van der Waals surface area (Å²) in [5.41, 5.74) is 2.87. The average Bonchev–Trinajstić information content (AvgIpc) is 2.64. The van der Waals surface area contributed by atoms with Gasteiger partial charge in [-0.15, -0.1) is 0 Å². The first-order valence-electron chi connectivity index (χ1n) is 6.52. The van der Waals surface area contributed by atoms with Gasteiger partial charge >= 0.3 is 124 Å². The van der Waals surface area contributed by atoms with Gasteiger partial charge in [-0.2, -0.15) is 0 Å². The van der Waals surface area contributed by atoms with Crippen LogP contribution in [0.15, 0.2) is 47.7 Å². The molecule has 1 aliphatic carbocycles. The predicted octanol–water partition coefficient (Wildman–Crippen LogP) is -4.37. The van der Waals surface area contributed by atoms with Crippen LogP contribution in [0.3, 0.4) is 0 Å². The Kier molecular flexibility index (Phi) is 10.1. The Balaban J connectivity index is 0. The summed E-state index contributed by atoms with van der Waals surface area (Å²) in [5.74, 6) is 0. The molecule has 0 saturated carbocycles. The Labute approximate surface area is 160 Å². The molecular weight excluding hydrogens is 374 g/mol. The average molecular weight is 396 g/mol. The molecule has 2 rings (SSSR count). The maximum Gasteiger partial charge on any atom is -1.00 e. The minimum atomic E-state index is -1.17. The van der Waals surface area contributed by atoms with Crippen LogP contribution in [0.2, 0.25) is 23.4 Å². The van der Waals surface area contributed by atoms with Crippen molar-refractivity contribution in [1.82, 2.24) is 0 Å². The molecule has 1 unspecified atom stereocenters. The summed E-state index contributed by atoms with van der Waals surface area (Å²) < 4.78 is 0.210. The van der Waals surface area contributed by atoms with Gasteiger partial charge in [0.25, 0.3) is 0 Å². The van der Waals surface area contributed by atoms with Crippen molar-refractivity contribution in [3.8, 4) is 0 Å². The molecule has 0 amide bonds. The van der Waals surface area contributed by atoms with Gasteiger partial charge in [0.2, 0.25) is 0 Å². The number of hydrogen-bond donors (Lipinski definition) is 0. The van der Waals surface area contributed by atoms with E-state index in [0.717, 1.165) is 6.42 Å². The molecule has 1 aromatic carbocycles. The SMILES string of the molecule is Cc1ccccc1C[C]1([Ti+3])C=CC([Si](C)(C)C)=C1.[Cl-].[Cl-].[Cl-]. The zero-order valence-corrected chi connectivity index (χ0v) is 17.7. The first-order valence-corrected chi connectivity index (χ1v) is 10.8. The third-order valence-corrected chi connectivity index (χ3v) is 6.39. The van der Waals surface area contributed by atoms with E-state index in [0.29, 0.717) is 0 Å². The topological polar surface area (TPSA) is 0 Å². The van der Waals surface area contributed by atoms with Crippen LogP contribution >= 0.6 is 0 Å². The number of hydrogen-bond acceptors (Lipinski definition) is 0. The van der Waals surface area contributed by atoms with Crippen LogP contribution in [-0.2, 0) is 26.9 Å². The van der Waals surface area contributed by atoms with E-state index in [1.165, 1.54) is 11.1 Å². The number of aryl methyl sites for hydroxylation is 1. The molecule has 5 heteroatoms. The predicted molar refractivity (Wildman–Crippen MR) is 78.1 cm³/mol. The van der Waals surface area contributed by atoms with E-state index in [1.54, 1.807) is 5.20 Å². The number of benzene rings is 1. The van der Waals surface area contributed by atoms with Crippen molar-refractivity contribution in [2.45, 2.75) is 36.7 Å². The van der Waals surface area contributed by atoms with Gasteiger partial charge in [-0.25, -0.2) is 0 Å². The fourth-order valence-electron chi connectivity index (χ4n) is 2.31. The van der Waals surface area contributed by atoms with Crippen LogP contribution in [0, 0.1) is 6.92 Å². The first-order chi connectivity index (χ1) is 8.30. The van der Waals surface area contributed by atoms with E-state index < -0.39 is 8.07 Å². The van der Waals surface area contributed by atoms with Gasteiger partial charge in [-0.05, 0) is 0 Å². The zero-order chi connectivity index (χ0) is 13.4. The third-order valence-electron chi connectivity index (χ3n) is 3.58. The molecule has 0 spiro atoms. The van der Waals surface area contributed by atoms with Crippen LogP contribution in [0.1, 0.15) is 11.1 Å². The minimum Gasteiger partial charge on any atom is -1.00 e. The zero-order valence-electron chi connectivity index (χ0n) is 12.9. The van der Waals surface area contributed by atoms with Crippen LogP contribution in [-0.4, -0.2) is 8.07 Å². The van der Waals surface area contributed by atoms with E-state index in [4.69, 9.17) is 0 Å². The maximum absolute atomic E-state index is 2.51. The van der Waals surface area contributed by atoms with Crippen molar-refractivity contribution >= 4 is 8.07 Å². The van der Waals surface area contributed by atoms with Crippen LogP contribution in [0.25, 0.3) is 0 Å². The van der Waals surface area contributed by atoms with E-state index >= 15 is 0 Å². The molecule has 0 aliphatic heterocycles. The number of rotatable bonds is 3. The van der Waals surface area contributed by atoms with E-state index in [2.05, 4.69) is 89.5 Å². The second-order valence-corrected chi connectivity index (χ2v) is 12.9. The van der Waals surface area contributed by atoms with Crippen LogP contribution < -0.4 is 37.2 Å². The van der Waals surface area contributed by atoms with Gasteiger partial charge in [0.15, 0.2) is 0 Å². The van der Waals surface area contributed by atoms with E-state index in [9.17, 15) is 0 Å². The van der Waals surface area contributed by atoms with Gasteiger partial charge in [0.1, 0.15) is 0 Å². The van der Waals surface area contributed by atoms with E-state index in [1.807, 2.05) is 0 Å². The number of halogens is 3. The summed E-state index contributed by atoms with van der Waals surface area (Å²) in [4.78, 5) is 0. The Morgan fingerprint density at radius 2 is 1.62 bits per heavy atom. The van der Waals surface area contributed by atoms with Gasteiger partial charge in [0, 0.05) is 0 Å². The van der Waals surface area contributed by atoms with Crippen LogP contribution in [0.4, 0.5) is 0 Å². The molecule has 21 heavy (non-hydrogen) atoms. The summed E-state index contributed by atoms with van der Waals surface area (Å²) in [6, 6.07) is 8.73. The largest absolute Gasteiger partial charge is 1.00 e. The van der Waals surface area contributed by atoms with Crippen molar-refractivity contribution in [3.05, 3.63) is 58.8 Å². The van der Waals surface area contributed by atoms with Crippen LogP contribution in [0.5, 0.6) is 0 Å². The summed E-state index contributed by atoms with van der Waals surface area (Å²) in [7, 11) is -1.17. The van der Waals surface area contributed by atoms with Gasteiger partial charge < -0.3 is 37.2 Å². The maximum atomic E-state index is 2.51. The smallest absolute Gasteiger partial charge is 1.00 e. The van der Waals surface area contributed by atoms with Gasteiger partial charge in [-0.1, -0.05) is 0 Å². The summed E-state index contributed by atoms with van der Waals surface area (Å²) in [6.07, 6.45) is 8.38. The summed E-state index contributed by atoms with van der Waals surface area (Å²) >= 11 is 2.35. The quantitative estimate of drug-likeness (QED) is 0.454. The van der Waals surface area contributed by atoms with Crippen molar-refractivity contribution in [3.63, 3.8) is 0 Å². The van der Waals surface area contributed by atoms with Crippen molar-refractivity contribution in [2.75, 3.05) is 0 Å². The molecule has 1 atom stereocenters. The standard InChI is InChI=1S/C16H21Si.3ClH.Ti/c1-13-7-5-6-8-15(13)11-14-9-10-16(12-14)17(2,3)4;;;;/h5-10,12H,11H2,1-4H3;3*1H;/q;;;;+3/p-3. The Morgan fingerprint density at radius 1 is 1.05 bits per heavy atom. The fourth-order valence-corrected chi connectivity index (χ4v) is 4.48. The van der Waals surface area contributed by atoms with Crippen molar-refractivity contribution < 1.29 is 57.7 Å². The molecule has 1 aromatic rings. The molecular formula is C16H21Cl3SiTi. The molecule has 0 nitrogen and oxygen atoms in total. The number of allylic oxidation sites excluding steroid dienone is 4. The Bertz CT molecular complexity index is 520. The molecule has 0 fully saturated rings. The molecule has 1 aliphatic rings. The molecule has 0 bridgehead atoms. The second kappa shape index (κ2) is 8.96. The molecule has 0 radical (unpaired) electrons. The molecule has 114 valence electrons. The Hall–Kier alpha value is 0.501. The van der Waals surface area contributed by atoms with E-state index in [-0.39, 0.29) is 40.9 Å². The van der Waals surface area contributed by atoms with Crippen molar-refractivity contribution in [1.29, 1.82) is 0 Å². The first kappa shape index (κ1) is 23.8. The third kappa shape index (κ3) is 6.25. The van der Waals surface area contributed by atoms with Gasteiger partial charge in [0.05, 0.1) is 0 Å². The minimum absolute atomic E-state index is 0. The normalized spacial score (nSPS) is 20.0. The monoisotopic (exact) mass is 394 g/mol. The summed E-state index contributed by atoms with van der Waals surface area (Å²) in [5, 5.41) is 1.60. The second-order valence-electron chi connectivity index (χ2n) is 6.33. The summed E-state index contributed by atoms with van der Waals surface area (Å²) in [6.45, 7) is 9.47. The fraction of sp³-hybridized carbons (Fsp3) is 0.375. The Morgan fingerprint density at radius 3 is 2.10 bits per heavy atom. The van der Waals surface area contributed by atoms with Crippen molar-refractivity contribution in [2.24, 2.45) is 0 Å². The van der Waals surface area contributed by atoms with Gasteiger partial charge in [-0.3, -0.25) is 0 Å². The molecule has 0 saturated heterocycles. The molecule has 0 heterocycles. The molecule has 0 N–H and O–H groups in total. The molecule has 0 aromatic heterocycles.